The Morgan fingerprint density at radius 2 is 1.91 bits per heavy atom. The average Bonchev–Trinajstić information content (AvgIpc) is 3.22. The molecule has 1 aliphatic heterocycles. The van der Waals surface area contributed by atoms with Crippen LogP contribution in [0.2, 0.25) is 0 Å². The molecule has 1 aromatic heterocycles. The summed E-state index contributed by atoms with van der Waals surface area (Å²) in [6, 6.07) is 13.6. The first-order valence-electron chi connectivity index (χ1n) is 6.89. The van der Waals surface area contributed by atoms with Gasteiger partial charge in [0.1, 0.15) is 0 Å². The molecule has 0 amide bonds. The minimum Gasteiger partial charge on any atom is -0.454 e. The molecule has 4 rings (SSSR count). The maximum absolute atomic E-state index is 5.72. The van der Waals surface area contributed by atoms with Crippen LogP contribution in [-0.4, -0.2) is 17.0 Å². The second-order valence-corrected chi connectivity index (χ2v) is 6.60. The number of hydrogen-bond donors (Lipinski definition) is 0. The topological polar surface area (TPSA) is 57.4 Å². The van der Waals surface area contributed by atoms with Crippen LogP contribution in [0.25, 0.3) is 11.5 Å². The van der Waals surface area contributed by atoms with E-state index in [1.165, 1.54) is 17.3 Å². The summed E-state index contributed by atoms with van der Waals surface area (Å²) in [5, 5.41) is 8.73. The molecule has 2 heterocycles. The highest BCUT2D eigenvalue weighted by atomic mass is 79.9. The Labute approximate surface area is 145 Å². The molecule has 0 saturated heterocycles. The zero-order chi connectivity index (χ0) is 15.6. The van der Waals surface area contributed by atoms with E-state index in [9.17, 15) is 0 Å². The third kappa shape index (κ3) is 3.07. The van der Waals surface area contributed by atoms with Crippen LogP contribution < -0.4 is 9.47 Å². The zero-order valence-corrected chi connectivity index (χ0v) is 14.3. The molecule has 0 unspecified atom stereocenters. The predicted molar refractivity (Wildman–Crippen MR) is 89.6 cm³/mol. The van der Waals surface area contributed by atoms with E-state index < -0.39 is 0 Å². The molecule has 116 valence electrons. The van der Waals surface area contributed by atoms with E-state index in [0.717, 1.165) is 21.5 Å². The van der Waals surface area contributed by atoms with Gasteiger partial charge in [-0.05, 0) is 29.8 Å². The van der Waals surface area contributed by atoms with Crippen LogP contribution in [-0.2, 0) is 5.75 Å². The Bertz CT molecular complexity index is 853. The fourth-order valence-corrected chi connectivity index (χ4v) is 3.55. The van der Waals surface area contributed by atoms with Crippen LogP contribution in [0.4, 0.5) is 0 Å². The molecule has 7 heteroatoms. The van der Waals surface area contributed by atoms with Crippen molar-refractivity contribution in [3.63, 3.8) is 0 Å². The number of halogens is 1. The molecule has 1 aliphatic rings. The van der Waals surface area contributed by atoms with E-state index >= 15 is 0 Å². The number of benzene rings is 2. The summed E-state index contributed by atoms with van der Waals surface area (Å²) in [5.41, 5.74) is 2.00. The van der Waals surface area contributed by atoms with E-state index in [4.69, 9.17) is 13.9 Å². The monoisotopic (exact) mass is 390 g/mol. The van der Waals surface area contributed by atoms with Gasteiger partial charge < -0.3 is 13.9 Å². The summed E-state index contributed by atoms with van der Waals surface area (Å²) in [6.07, 6.45) is 0. The standard InChI is InChI=1S/C16H11BrN2O3S/c17-12-4-2-1-3-11(12)8-23-16-19-18-15(22-16)10-5-6-13-14(7-10)21-9-20-13/h1-7H,8-9H2. The number of thioether (sulfide) groups is 1. The van der Waals surface area contributed by atoms with Crippen molar-refractivity contribution >= 4 is 27.7 Å². The molecule has 0 atom stereocenters. The average molecular weight is 391 g/mol. The van der Waals surface area contributed by atoms with Gasteiger partial charge in [0.2, 0.25) is 12.7 Å². The molecular formula is C16H11BrN2O3S. The van der Waals surface area contributed by atoms with Crippen molar-refractivity contribution in [2.24, 2.45) is 0 Å². The summed E-state index contributed by atoms with van der Waals surface area (Å²) in [5.74, 6) is 2.65. The lowest BCUT2D eigenvalue weighted by Crippen LogP contribution is -1.92. The Morgan fingerprint density at radius 1 is 1.04 bits per heavy atom. The summed E-state index contributed by atoms with van der Waals surface area (Å²) >= 11 is 5.04. The fraction of sp³-hybridized carbons (Fsp3) is 0.125. The summed E-state index contributed by atoms with van der Waals surface area (Å²) in [4.78, 5) is 0. The van der Waals surface area contributed by atoms with E-state index in [-0.39, 0.29) is 6.79 Å². The maximum atomic E-state index is 5.72. The molecule has 5 nitrogen and oxygen atoms in total. The smallest absolute Gasteiger partial charge is 0.277 e. The zero-order valence-electron chi connectivity index (χ0n) is 11.9. The first-order valence-corrected chi connectivity index (χ1v) is 8.67. The SMILES string of the molecule is Brc1ccccc1CSc1nnc(-c2ccc3c(c2)OCO3)o1. The molecule has 0 saturated carbocycles. The molecule has 0 bridgehead atoms. The van der Waals surface area contributed by atoms with Gasteiger partial charge in [-0.25, -0.2) is 0 Å². The fourth-order valence-electron chi connectivity index (χ4n) is 2.17. The summed E-state index contributed by atoms with van der Waals surface area (Å²) in [6.45, 7) is 0.246. The van der Waals surface area contributed by atoms with Gasteiger partial charge in [-0.1, -0.05) is 45.9 Å². The summed E-state index contributed by atoms with van der Waals surface area (Å²) in [7, 11) is 0. The maximum Gasteiger partial charge on any atom is 0.277 e. The molecule has 0 fully saturated rings. The lowest BCUT2D eigenvalue weighted by molar-refractivity contribution is 0.174. The predicted octanol–water partition coefficient (Wildman–Crippen LogP) is 4.52. The minimum atomic E-state index is 0.246. The third-order valence-corrected chi connectivity index (χ3v) is 4.98. The Morgan fingerprint density at radius 3 is 2.83 bits per heavy atom. The van der Waals surface area contributed by atoms with Gasteiger partial charge in [0.05, 0.1) is 0 Å². The highest BCUT2D eigenvalue weighted by Gasteiger charge is 2.17. The Kier molecular flexibility index (Phi) is 3.97. The van der Waals surface area contributed by atoms with Gasteiger partial charge >= 0.3 is 0 Å². The number of fused-ring (bicyclic) bond motifs is 1. The van der Waals surface area contributed by atoms with Gasteiger partial charge in [0.15, 0.2) is 11.5 Å². The molecule has 23 heavy (non-hydrogen) atoms. The van der Waals surface area contributed by atoms with Gasteiger partial charge in [-0.3, -0.25) is 0 Å². The lowest BCUT2D eigenvalue weighted by atomic mass is 10.2. The highest BCUT2D eigenvalue weighted by Crippen LogP contribution is 2.36. The third-order valence-electron chi connectivity index (χ3n) is 3.33. The van der Waals surface area contributed by atoms with Gasteiger partial charge in [-0.2, -0.15) is 0 Å². The lowest BCUT2D eigenvalue weighted by Gasteiger charge is -2.01. The van der Waals surface area contributed by atoms with E-state index in [2.05, 4.69) is 32.2 Å². The minimum absolute atomic E-state index is 0.246. The quantitative estimate of drug-likeness (QED) is 0.610. The largest absolute Gasteiger partial charge is 0.454 e. The van der Waals surface area contributed by atoms with Crippen LogP contribution in [0.5, 0.6) is 11.5 Å². The van der Waals surface area contributed by atoms with Crippen molar-refractivity contribution in [2.45, 2.75) is 11.0 Å². The van der Waals surface area contributed by atoms with Crippen LogP contribution in [0.15, 0.2) is 56.6 Å². The van der Waals surface area contributed by atoms with Crippen molar-refractivity contribution in [3.8, 4) is 23.0 Å². The van der Waals surface area contributed by atoms with Gasteiger partial charge in [0, 0.05) is 15.8 Å². The molecular weight excluding hydrogens is 380 g/mol. The van der Waals surface area contributed by atoms with E-state index in [1.807, 2.05) is 36.4 Å². The van der Waals surface area contributed by atoms with Crippen LogP contribution in [0.1, 0.15) is 5.56 Å². The van der Waals surface area contributed by atoms with Gasteiger partial charge in [-0.15, -0.1) is 10.2 Å². The second kappa shape index (κ2) is 6.25. The highest BCUT2D eigenvalue weighted by molar-refractivity contribution is 9.10. The van der Waals surface area contributed by atoms with Crippen molar-refractivity contribution in [1.82, 2.24) is 10.2 Å². The number of ether oxygens (including phenoxy) is 2. The number of hydrogen-bond acceptors (Lipinski definition) is 6. The van der Waals surface area contributed by atoms with Crippen molar-refractivity contribution < 1.29 is 13.9 Å². The van der Waals surface area contributed by atoms with Crippen molar-refractivity contribution in [1.29, 1.82) is 0 Å². The Balaban J connectivity index is 1.50. The molecule has 0 N–H and O–H groups in total. The first-order chi connectivity index (χ1) is 11.3. The van der Waals surface area contributed by atoms with Gasteiger partial charge in [0.25, 0.3) is 5.22 Å². The molecule has 0 spiro atoms. The van der Waals surface area contributed by atoms with Crippen molar-refractivity contribution in [3.05, 3.63) is 52.5 Å². The second-order valence-electron chi connectivity index (χ2n) is 4.82. The molecule has 2 aromatic carbocycles. The molecule has 0 radical (unpaired) electrons. The van der Waals surface area contributed by atoms with E-state index in [1.54, 1.807) is 0 Å². The molecule has 0 aliphatic carbocycles. The summed E-state index contributed by atoms with van der Waals surface area (Å²) < 4.78 is 17.5. The number of aromatic nitrogens is 2. The molecule has 3 aromatic rings. The van der Waals surface area contributed by atoms with Crippen molar-refractivity contribution in [2.75, 3.05) is 6.79 Å². The normalized spacial score (nSPS) is 12.6. The Hall–Kier alpha value is -1.99. The first kappa shape index (κ1) is 14.6. The van der Waals surface area contributed by atoms with Crippen LogP contribution in [0, 0.1) is 0 Å². The number of rotatable bonds is 4. The van der Waals surface area contributed by atoms with E-state index in [0.29, 0.717) is 16.9 Å². The van der Waals surface area contributed by atoms with Crippen LogP contribution in [0.3, 0.4) is 0 Å². The number of nitrogens with zero attached hydrogens (tertiary/aromatic N) is 2. The van der Waals surface area contributed by atoms with Crippen LogP contribution >= 0.6 is 27.7 Å².